The Morgan fingerprint density at radius 1 is 0.829 bits per heavy atom. The lowest BCUT2D eigenvalue weighted by Crippen LogP contribution is -2.50. The van der Waals surface area contributed by atoms with Crippen molar-refractivity contribution < 1.29 is 9.53 Å². The van der Waals surface area contributed by atoms with Gasteiger partial charge in [-0.1, -0.05) is 72.8 Å². The number of benzene rings is 3. The lowest BCUT2D eigenvalue weighted by Gasteiger charge is -2.39. The van der Waals surface area contributed by atoms with Crippen molar-refractivity contribution in [3.05, 3.63) is 108 Å². The molecule has 0 bridgehead atoms. The van der Waals surface area contributed by atoms with Gasteiger partial charge in [-0.15, -0.1) is 0 Å². The topological polar surface area (TPSA) is 50.6 Å². The quantitative estimate of drug-likeness (QED) is 0.415. The van der Waals surface area contributed by atoms with Crippen LogP contribution in [0.2, 0.25) is 0 Å². The second-order valence-electron chi connectivity index (χ2n) is 8.82. The van der Waals surface area contributed by atoms with Gasteiger partial charge >= 0.3 is 0 Å². The Bertz CT molecular complexity index is 1240. The molecule has 0 N–H and O–H groups in total. The fourth-order valence-corrected chi connectivity index (χ4v) is 4.82. The van der Waals surface area contributed by atoms with Crippen LogP contribution in [0.5, 0.6) is 5.75 Å². The maximum atomic E-state index is 13.4. The van der Waals surface area contributed by atoms with Gasteiger partial charge < -0.3 is 9.64 Å². The number of hydrogen-bond donors (Lipinski definition) is 0. The first kappa shape index (κ1) is 22.9. The van der Waals surface area contributed by atoms with E-state index in [1.807, 2.05) is 42.3 Å². The molecule has 5 rings (SSSR count). The number of aromatic nitrogens is 2. The van der Waals surface area contributed by atoms with Crippen molar-refractivity contribution in [2.75, 3.05) is 33.3 Å². The van der Waals surface area contributed by atoms with Gasteiger partial charge in [-0.05, 0) is 29.3 Å². The maximum Gasteiger partial charge on any atom is 0.272 e. The average Bonchev–Trinajstić information content (AvgIpc) is 3.31. The Morgan fingerprint density at radius 2 is 1.46 bits per heavy atom. The van der Waals surface area contributed by atoms with E-state index in [-0.39, 0.29) is 11.9 Å². The minimum atomic E-state index is 0.0183. The molecule has 178 valence electrons. The van der Waals surface area contributed by atoms with Crippen molar-refractivity contribution in [2.45, 2.75) is 6.04 Å². The molecule has 3 aromatic carbocycles. The molecule has 0 aliphatic carbocycles. The minimum Gasteiger partial charge on any atom is -0.497 e. The van der Waals surface area contributed by atoms with Crippen LogP contribution in [0.1, 0.15) is 27.7 Å². The average molecular weight is 467 g/mol. The molecule has 0 unspecified atom stereocenters. The molecule has 6 nitrogen and oxygen atoms in total. The SMILES string of the molecule is COc1cccc(-c2cc(C(=O)N3CCN(C(c4ccccc4)c4ccccc4)CC3)n(C)n2)c1. The molecule has 1 aliphatic rings. The molecule has 4 aromatic rings. The lowest BCUT2D eigenvalue weighted by atomic mass is 9.96. The molecule has 1 aliphatic heterocycles. The molecule has 6 heteroatoms. The third-order valence-corrected chi connectivity index (χ3v) is 6.66. The van der Waals surface area contributed by atoms with Crippen molar-refractivity contribution >= 4 is 5.91 Å². The number of rotatable bonds is 6. The van der Waals surface area contributed by atoms with Gasteiger partial charge in [0.2, 0.25) is 0 Å². The van der Waals surface area contributed by atoms with Gasteiger partial charge in [0, 0.05) is 38.8 Å². The normalized spacial score (nSPS) is 14.3. The fraction of sp³-hybridized carbons (Fsp3) is 0.241. The largest absolute Gasteiger partial charge is 0.497 e. The standard InChI is InChI=1S/C29H30N4O2/c1-31-27(21-26(30-31)24-14-9-15-25(20-24)35-2)29(34)33-18-16-32(17-19-33)28(22-10-5-3-6-11-22)23-12-7-4-8-13-23/h3-15,20-21,28H,16-19H2,1-2H3. The Morgan fingerprint density at radius 3 is 2.06 bits per heavy atom. The molecule has 1 aromatic heterocycles. The number of ether oxygens (including phenoxy) is 1. The molecule has 35 heavy (non-hydrogen) atoms. The van der Waals surface area contributed by atoms with Crippen LogP contribution in [-0.2, 0) is 7.05 Å². The lowest BCUT2D eigenvalue weighted by molar-refractivity contribution is 0.0587. The summed E-state index contributed by atoms with van der Waals surface area (Å²) in [6.45, 7) is 2.96. The van der Waals surface area contributed by atoms with Crippen LogP contribution in [0.4, 0.5) is 0 Å². The molecule has 0 radical (unpaired) electrons. The third kappa shape index (κ3) is 4.84. The van der Waals surface area contributed by atoms with Crippen LogP contribution >= 0.6 is 0 Å². The zero-order valence-electron chi connectivity index (χ0n) is 20.2. The Balaban J connectivity index is 1.32. The third-order valence-electron chi connectivity index (χ3n) is 6.66. The van der Waals surface area contributed by atoms with Crippen LogP contribution < -0.4 is 4.74 Å². The number of carbonyl (C=O) groups excluding carboxylic acids is 1. The van der Waals surface area contributed by atoms with Gasteiger partial charge in [-0.25, -0.2) is 0 Å². The second-order valence-corrected chi connectivity index (χ2v) is 8.82. The van der Waals surface area contributed by atoms with E-state index in [0.717, 1.165) is 30.1 Å². The van der Waals surface area contributed by atoms with Crippen molar-refractivity contribution in [3.63, 3.8) is 0 Å². The van der Waals surface area contributed by atoms with Crippen LogP contribution in [0.15, 0.2) is 91.0 Å². The summed E-state index contributed by atoms with van der Waals surface area (Å²) in [6, 6.07) is 31.0. The summed E-state index contributed by atoms with van der Waals surface area (Å²) in [7, 11) is 3.47. The molecule has 0 spiro atoms. The van der Waals surface area contributed by atoms with E-state index in [1.165, 1.54) is 11.1 Å². The number of amides is 1. The van der Waals surface area contributed by atoms with Gasteiger partial charge in [0.1, 0.15) is 11.4 Å². The van der Waals surface area contributed by atoms with Crippen LogP contribution in [0.3, 0.4) is 0 Å². The summed E-state index contributed by atoms with van der Waals surface area (Å²) < 4.78 is 7.02. The highest BCUT2D eigenvalue weighted by atomic mass is 16.5. The number of nitrogens with zero attached hydrogens (tertiary/aromatic N) is 4. The zero-order chi connectivity index (χ0) is 24.2. The predicted molar refractivity (Wildman–Crippen MR) is 137 cm³/mol. The Hall–Kier alpha value is -3.90. The smallest absolute Gasteiger partial charge is 0.272 e. The molecule has 0 saturated carbocycles. The highest BCUT2D eigenvalue weighted by Crippen LogP contribution is 2.30. The highest BCUT2D eigenvalue weighted by Gasteiger charge is 2.29. The van der Waals surface area contributed by atoms with Gasteiger partial charge in [0.25, 0.3) is 5.91 Å². The number of methoxy groups -OCH3 is 1. The molecular formula is C29H30N4O2. The van der Waals surface area contributed by atoms with Crippen molar-refractivity contribution in [1.82, 2.24) is 19.6 Å². The van der Waals surface area contributed by atoms with E-state index in [2.05, 4.69) is 70.7 Å². The molecule has 0 atom stereocenters. The number of hydrogen-bond acceptors (Lipinski definition) is 4. The van der Waals surface area contributed by atoms with Crippen molar-refractivity contribution in [1.29, 1.82) is 0 Å². The monoisotopic (exact) mass is 466 g/mol. The van der Waals surface area contributed by atoms with Crippen molar-refractivity contribution in [3.8, 4) is 17.0 Å². The second kappa shape index (κ2) is 10.2. The Kier molecular flexibility index (Phi) is 6.64. The predicted octanol–water partition coefficient (Wildman–Crippen LogP) is 4.64. The molecular weight excluding hydrogens is 436 g/mol. The molecule has 1 amide bonds. The summed E-state index contributed by atoms with van der Waals surface area (Å²) in [5, 5.41) is 4.60. The molecule has 1 fully saturated rings. The van der Waals surface area contributed by atoms with E-state index < -0.39 is 0 Å². The first-order chi connectivity index (χ1) is 17.1. The maximum absolute atomic E-state index is 13.4. The summed E-state index contributed by atoms with van der Waals surface area (Å²) in [5.74, 6) is 0.785. The van der Waals surface area contributed by atoms with Gasteiger partial charge in [0.15, 0.2) is 0 Å². The van der Waals surface area contributed by atoms with E-state index in [4.69, 9.17) is 4.74 Å². The van der Waals surface area contributed by atoms with Crippen LogP contribution in [-0.4, -0.2) is 58.8 Å². The highest BCUT2D eigenvalue weighted by molar-refractivity contribution is 5.93. The van der Waals surface area contributed by atoms with Gasteiger partial charge in [-0.3, -0.25) is 14.4 Å². The Labute approximate surface area is 206 Å². The first-order valence-corrected chi connectivity index (χ1v) is 12.0. The van der Waals surface area contributed by atoms with E-state index in [0.29, 0.717) is 18.8 Å². The summed E-state index contributed by atoms with van der Waals surface area (Å²) in [6.07, 6.45) is 0. The summed E-state index contributed by atoms with van der Waals surface area (Å²) in [4.78, 5) is 17.8. The molecule has 1 saturated heterocycles. The molecule has 2 heterocycles. The van der Waals surface area contributed by atoms with Crippen LogP contribution in [0, 0.1) is 0 Å². The number of aryl methyl sites for hydroxylation is 1. The fourth-order valence-electron chi connectivity index (χ4n) is 4.82. The van der Waals surface area contributed by atoms with E-state index >= 15 is 0 Å². The summed E-state index contributed by atoms with van der Waals surface area (Å²) in [5.41, 5.74) is 4.83. The van der Waals surface area contributed by atoms with Crippen molar-refractivity contribution in [2.24, 2.45) is 7.05 Å². The number of piperazine rings is 1. The van der Waals surface area contributed by atoms with Gasteiger partial charge in [-0.2, -0.15) is 5.10 Å². The van der Waals surface area contributed by atoms with E-state index in [1.54, 1.807) is 11.8 Å². The minimum absolute atomic E-state index is 0.0183. The summed E-state index contributed by atoms with van der Waals surface area (Å²) >= 11 is 0. The first-order valence-electron chi connectivity index (χ1n) is 12.0. The van der Waals surface area contributed by atoms with Gasteiger partial charge in [0.05, 0.1) is 18.8 Å². The van der Waals surface area contributed by atoms with E-state index in [9.17, 15) is 4.79 Å². The number of carbonyl (C=O) groups is 1. The zero-order valence-corrected chi connectivity index (χ0v) is 20.2. The van der Waals surface area contributed by atoms with Crippen LogP contribution in [0.25, 0.3) is 11.3 Å².